The van der Waals surface area contributed by atoms with E-state index in [1.165, 1.54) is 23.1 Å². The third-order valence-corrected chi connectivity index (χ3v) is 9.49. The number of hydrogen-bond acceptors (Lipinski definition) is 4. The van der Waals surface area contributed by atoms with Crippen molar-refractivity contribution in [1.29, 1.82) is 0 Å². The SMILES string of the molecule is CCNC(=O)C(Cc1ccccc1)N(Cc1ccccc1)C(=O)CN(c1cccc(Cl)c1Cl)S(=O)(=O)c1ccc(C)cc1. The van der Waals surface area contributed by atoms with E-state index in [0.717, 1.165) is 21.0 Å². The van der Waals surface area contributed by atoms with Crippen LogP contribution in [-0.2, 0) is 32.6 Å². The largest absolute Gasteiger partial charge is 0.355 e. The first-order valence-corrected chi connectivity index (χ1v) is 16.0. The van der Waals surface area contributed by atoms with Gasteiger partial charge in [0.25, 0.3) is 10.0 Å². The van der Waals surface area contributed by atoms with Gasteiger partial charge in [-0.15, -0.1) is 0 Å². The number of carbonyl (C=O) groups is 2. The van der Waals surface area contributed by atoms with Crippen molar-refractivity contribution in [2.24, 2.45) is 0 Å². The molecule has 0 saturated heterocycles. The summed E-state index contributed by atoms with van der Waals surface area (Å²) in [5.41, 5.74) is 2.57. The average molecular weight is 639 g/mol. The summed E-state index contributed by atoms with van der Waals surface area (Å²) in [5.74, 6) is -0.924. The fourth-order valence-electron chi connectivity index (χ4n) is 4.66. The first-order valence-electron chi connectivity index (χ1n) is 13.8. The lowest BCUT2D eigenvalue weighted by molar-refractivity contribution is -0.140. The van der Waals surface area contributed by atoms with Crippen LogP contribution in [0.2, 0.25) is 10.0 Å². The van der Waals surface area contributed by atoms with Gasteiger partial charge in [0.2, 0.25) is 11.8 Å². The quantitative estimate of drug-likeness (QED) is 0.198. The van der Waals surface area contributed by atoms with Gasteiger partial charge in [0, 0.05) is 19.5 Å². The van der Waals surface area contributed by atoms with E-state index >= 15 is 0 Å². The summed E-state index contributed by atoms with van der Waals surface area (Å²) >= 11 is 12.8. The van der Waals surface area contributed by atoms with E-state index in [1.54, 1.807) is 31.2 Å². The maximum atomic E-state index is 14.4. The number of nitrogens with zero attached hydrogens (tertiary/aromatic N) is 2. The smallest absolute Gasteiger partial charge is 0.264 e. The van der Waals surface area contributed by atoms with Gasteiger partial charge in [-0.2, -0.15) is 0 Å². The molecular weight excluding hydrogens is 605 g/mol. The van der Waals surface area contributed by atoms with Crippen LogP contribution in [0.25, 0.3) is 0 Å². The highest BCUT2D eigenvalue weighted by Gasteiger charge is 2.35. The van der Waals surface area contributed by atoms with Crippen LogP contribution >= 0.6 is 23.2 Å². The van der Waals surface area contributed by atoms with Crippen molar-refractivity contribution in [2.75, 3.05) is 17.4 Å². The summed E-state index contributed by atoms with van der Waals surface area (Å²) in [6, 6.07) is 28.6. The zero-order valence-corrected chi connectivity index (χ0v) is 26.2. The summed E-state index contributed by atoms with van der Waals surface area (Å²) < 4.78 is 29.2. The highest BCUT2D eigenvalue weighted by molar-refractivity contribution is 7.92. The normalized spacial score (nSPS) is 11.9. The molecule has 0 aliphatic heterocycles. The Bertz CT molecular complexity index is 1650. The maximum Gasteiger partial charge on any atom is 0.264 e. The molecule has 0 fully saturated rings. The van der Waals surface area contributed by atoms with E-state index in [1.807, 2.05) is 67.6 Å². The second kappa shape index (κ2) is 14.6. The predicted octanol–water partition coefficient (Wildman–Crippen LogP) is 6.27. The number of carbonyl (C=O) groups excluding carboxylic acids is 2. The van der Waals surface area contributed by atoms with Crippen LogP contribution in [-0.4, -0.2) is 44.3 Å². The predicted molar refractivity (Wildman–Crippen MR) is 172 cm³/mol. The fourth-order valence-corrected chi connectivity index (χ4v) is 6.54. The van der Waals surface area contributed by atoms with Crippen molar-refractivity contribution < 1.29 is 18.0 Å². The first-order chi connectivity index (χ1) is 20.6. The lowest BCUT2D eigenvalue weighted by atomic mass is 10.0. The van der Waals surface area contributed by atoms with Crippen molar-refractivity contribution in [1.82, 2.24) is 10.2 Å². The van der Waals surface area contributed by atoms with Crippen LogP contribution in [0.4, 0.5) is 5.69 Å². The van der Waals surface area contributed by atoms with E-state index in [2.05, 4.69) is 5.32 Å². The molecule has 0 aromatic heterocycles. The molecule has 1 N–H and O–H groups in total. The molecule has 224 valence electrons. The van der Waals surface area contributed by atoms with E-state index in [9.17, 15) is 18.0 Å². The molecular formula is C33H33Cl2N3O4S. The molecule has 1 atom stereocenters. The van der Waals surface area contributed by atoms with Crippen molar-refractivity contribution in [3.8, 4) is 0 Å². The Hall–Kier alpha value is -3.85. The molecule has 1 unspecified atom stereocenters. The van der Waals surface area contributed by atoms with E-state index in [4.69, 9.17) is 23.2 Å². The third kappa shape index (κ3) is 7.96. The van der Waals surface area contributed by atoms with Gasteiger partial charge in [-0.3, -0.25) is 13.9 Å². The third-order valence-electron chi connectivity index (χ3n) is 6.91. The Morgan fingerprint density at radius 2 is 1.42 bits per heavy atom. The molecule has 4 rings (SSSR count). The van der Waals surface area contributed by atoms with Crippen LogP contribution in [0, 0.1) is 6.92 Å². The van der Waals surface area contributed by atoms with Crippen molar-refractivity contribution >= 4 is 50.7 Å². The molecule has 0 heterocycles. The number of rotatable bonds is 12. The molecule has 10 heteroatoms. The topological polar surface area (TPSA) is 86.8 Å². The van der Waals surface area contributed by atoms with Crippen molar-refractivity contribution in [2.45, 2.75) is 37.8 Å². The van der Waals surface area contributed by atoms with Crippen molar-refractivity contribution in [3.63, 3.8) is 0 Å². The van der Waals surface area contributed by atoms with Crippen LogP contribution in [0.1, 0.15) is 23.6 Å². The average Bonchev–Trinajstić information content (AvgIpc) is 3.00. The van der Waals surface area contributed by atoms with E-state index < -0.39 is 28.5 Å². The molecule has 0 aliphatic rings. The molecule has 0 bridgehead atoms. The minimum absolute atomic E-state index is 0.00757. The number of benzene rings is 4. The highest BCUT2D eigenvalue weighted by Crippen LogP contribution is 2.35. The van der Waals surface area contributed by atoms with Gasteiger partial charge in [0.1, 0.15) is 12.6 Å². The van der Waals surface area contributed by atoms with Gasteiger partial charge < -0.3 is 10.2 Å². The zero-order chi connectivity index (χ0) is 31.0. The van der Waals surface area contributed by atoms with E-state index in [-0.39, 0.29) is 39.5 Å². The van der Waals surface area contributed by atoms with Crippen LogP contribution in [0.3, 0.4) is 0 Å². The lowest BCUT2D eigenvalue weighted by Gasteiger charge is -2.34. The number of amides is 2. The van der Waals surface area contributed by atoms with Gasteiger partial charge >= 0.3 is 0 Å². The first kappa shape index (κ1) is 32.1. The van der Waals surface area contributed by atoms with E-state index in [0.29, 0.717) is 6.54 Å². The summed E-state index contributed by atoms with van der Waals surface area (Å²) in [5, 5.41) is 2.98. The minimum atomic E-state index is -4.28. The van der Waals surface area contributed by atoms with Gasteiger partial charge in [-0.1, -0.05) is 108 Å². The Morgan fingerprint density at radius 3 is 2.02 bits per heavy atom. The second-order valence-electron chi connectivity index (χ2n) is 10.0. The number of nitrogens with one attached hydrogen (secondary N) is 1. The zero-order valence-electron chi connectivity index (χ0n) is 23.9. The van der Waals surface area contributed by atoms with Crippen LogP contribution in [0.5, 0.6) is 0 Å². The Morgan fingerprint density at radius 1 is 0.814 bits per heavy atom. The number of halogens is 2. The molecule has 2 amide bonds. The molecule has 4 aromatic carbocycles. The molecule has 4 aromatic rings. The Labute approximate surface area is 263 Å². The number of aryl methyl sites for hydroxylation is 1. The number of likely N-dealkylation sites (N-methyl/N-ethyl adjacent to an activating group) is 1. The van der Waals surface area contributed by atoms with Gasteiger partial charge in [0.15, 0.2) is 0 Å². The van der Waals surface area contributed by atoms with Crippen LogP contribution < -0.4 is 9.62 Å². The number of hydrogen-bond donors (Lipinski definition) is 1. The summed E-state index contributed by atoms with van der Waals surface area (Å²) in [6.07, 6.45) is 0.230. The second-order valence-corrected chi connectivity index (χ2v) is 12.7. The molecule has 0 radical (unpaired) electrons. The Kier molecular flexibility index (Phi) is 10.9. The summed E-state index contributed by atoms with van der Waals surface area (Å²) in [7, 11) is -4.28. The Balaban J connectivity index is 1.81. The number of sulfonamides is 1. The monoisotopic (exact) mass is 637 g/mol. The highest BCUT2D eigenvalue weighted by atomic mass is 35.5. The van der Waals surface area contributed by atoms with Gasteiger partial charge in [0.05, 0.1) is 20.6 Å². The molecule has 0 spiro atoms. The van der Waals surface area contributed by atoms with Gasteiger partial charge in [-0.25, -0.2) is 8.42 Å². The maximum absolute atomic E-state index is 14.4. The summed E-state index contributed by atoms with van der Waals surface area (Å²) in [6.45, 7) is 3.48. The fraction of sp³-hybridized carbons (Fsp3) is 0.212. The standard InChI is InChI=1S/C33H33Cl2N3O4S/c1-3-36-33(40)30(21-25-11-6-4-7-12-25)37(22-26-13-8-5-9-14-26)31(39)23-38(29-16-10-15-28(34)32(29)35)43(41,42)27-19-17-24(2)18-20-27/h4-20,30H,3,21-23H2,1-2H3,(H,36,40). The molecule has 43 heavy (non-hydrogen) atoms. The summed E-state index contributed by atoms with van der Waals surface area (Å²) in [4.78, 5) is 29.3. The van der Waals surface area contributed by atoms with Gasteiger partial charge in [-0.05, 0) is 49.2 Å². The lowest BCUT2D eigenvalue weighted by Crippen LogP contribution is -2.53. The molecule has 0 aliphatic carbocycles. The van der Waals surface area contributed by atoms with Crippen LogP contribution in [0.15, 0.2) is 108 Å². The number of anilines is 1. The minimum Gasteiger partial charge on any atom is -0.355 e. The molecule has 0 saturated carbocycles. The molecule has 7 nitrogen and oxygen atoms in total. The van der Waals surface area contributed by atoms with Crippen molar-refractivity contribution in [3.05, 3.63) is 130 Å².